The first-order chi connectivity index (χ1) is 7.84. The fraction of sp³-hybridized carbons (Fsp3) is 0.500. The molecular weight excluding hydrogens is 231 g/mol. The van der Waals surface area contributed by atoms with Gasteiger partial charge in [-0.3, -0.25) is 0 Å². The maximum Gasteiger partial charge on any atom is 0.416 e. The van der Waals surface area contributed by atoms with Gasteiger partial charge in [0.25, 0.3) is 0 Å². The maximum atomic E-state index is 12.9. The van der Waals surface area contributed by atoms with Gasteiger partial charge < -0.3 is 10.4 Å². The SMILES string of the molecule is CC1(c2c(O)cccc2C(F)(F)F)CCCN1. The minimum absolute atomic E-state index is 0.0370. The van der Waals surface area contributed by atoms with E-state index in [4.69, 9.17) is 0 Å². The Kier molecular flexibility index (Phi) is 2.81. The number of hydrogen-bond acceptors (Lipinski definition) is 2. The predicted octanol–water partition coefficient (Wildman–Crippen LogP) is 3.01. The quantitative estimate of drug-likeness (QED) is 0.797. The van der Waals surface area contributed by atoms with Gasteiger partial charge >= 0.3 is 6.18 Å². The van der Waals surface area contributed by atoms with Crippen LogP contribution >= 0.6 is 0 Å². The van der Waals surface area contributed by atoms with Crippen molar-refractivity contribution in [1.29, 1.82) is 0 Å². The lowest BCUT2D eigenvalue weighted by atomic mass is 9.86. The number of phenolic OH excluding ortho intramolecular Hbond substituents is 1. The third kappa shape index (κ3) is 2.11. The summed E-state index contributed by atoms with van der Waals surface area (Å²) in [6.07, 6.45) is -3.04. The first-order valence-electron chi connectivity index (χ1n) is 5.49. The highest BCUT2D eigenvalue weighted by molar-refractivity contribution is 5.46. The predicted molar refractivity (Wildman–Crippen MR) is 57.7 cm³/mol. The van der Waals surface area contributed by atoms with Crippen molar-refractivity contribution < 1.29 is 18.3 Å². The molecule has 0 radical (unpaired) electrons. The zero-order valence-corrected chi connectivity index (χ0v) is 9.43. The molecule has 2 N–H and O–H groups in total. The summed E-state index contributed by atoms with van der Waals surface area (Å²) in [4.78, 5) is 0. The van der Waals surface area contributed by atoms with Crippen LogP contribution in [0.25, 0.3) is 0 Å². The van der Waals surface area contributed by atoms with E-state index in [2.05, 4.69) is 5.32 Å². The van der Waals surface area contributed by atoms with Crippen molar-refractivity contribution in [2.45, 2.75) is 31.5 Å². The van der Waals surface area contributed by atoms with E-state index in [0.717, 1.165) is 12.5 Å². The Bertz CT molecular complexity index is 422. The lowest BCUT2D eigenvalue weighted by Crippen LogP contribution is -2.35. The third-order valence-corrected chi connectivity index (χ3v) is 3.27. The number of hydrogen-bond donors (Lipinski definition) is 2. The maximum absolute atomic E-state index is 12.9. The van der Waals surface area contributed by atoms with Gasteiger partial charge in [-0.2, -0.15) is 13.2 Å². The summed E-state index contributed by atoms with van der Waals surface area (Å²) < 4.78 is 38.7. The Morgan fingerprint density at radius 2 is 2.06 bits per heavy atom. The molecule has 17 heavy (non-hydrogen) atoms. The molecule has 0 aliphatic carbocycles. The minimum atomic E-state index is -4.44. The number of aromatic hydroxyl groups is 1. The van der Waals surface area contributed by atoms with E-state index in [1.165, 1.54) is 12.1 Å². The summed E-state index contributed by atoms with van der Waals surface area (Å²) in [6.45, 7) is 2.37. The Hall–Kier alpha value is -1.23. The van der Waals surface area contributed by atoms with E-state index in [0.29, 0.717) is 13.0 Å². The van der Waals surface area contributed by atoms with Crippen LogP contribution in [0.4, 0.5) is 13.2 Å². The number of nitrogens with one attached hydrogen (secondary N) is 1. The zero-order valence-electron chi connectivity index (χ0n) is 9.43. The number of halogens is 3. The molecule has 1 fully saturated rings. The van der Waals surface area contributed by atoms with Crippen LogP contribution in [0, 0.1) is 0 Å². The summed E-state index contributed by atoms with van der Waals surface area (Å²) in [5, 5.41) is 12.8. The highest BCUT2D eigenvalue weighted by Crippen LogP contribution is 2.43. The number of phenols is 1. The Morgan fingerprint density at radius 1 is 1.35 bits per heavy atom. The van der Waals surface area contributed by atoms with Crippen LogP contribution in [0.1, 0.15) is 30.9 Å². The second-order valence-electron chi connectivity index (χ2n) is 4.56. The van der Waals surface area contributed by atoms with Gasteiger partial charge in [-0.05, 0) is 38.4 Å². The smallest absolute Gasteiger partial charge is 0.416 e. The van der Waals surface area contributed by atoms with Crippen molar-refractivity contribution >= 4 is 0 Å². The van der Waals surface area contributed by atoms with Gasteiger partial charge in [0, 0.05) is 11.1 Å². The van der Waals surface area contributed by atoms with Crippen molar-refractivity contribution in [1.82, 2.24) is 5.32 Å². The molecule has 0 aromatic heterocycles. The van der Waals surface area contributed by atoms with Gasteiger partial charge in [0.1, 0.15) is 5.75 Å². The van der Waals surface area contributed by atoms with Gasteiger partial charge in [-0.1, -0.05) is 6.07 Å². The molecule has 94 valence electrons. The fourth-order valence-electron chi connectivity index (χ4n) is 2.46. The molecule has 1 saturated heterocycles. The number of benzene rings is 1. The molecule has 0 bridgehead atoms. The van der Waals surface area contributed by atoms with E-state index >= 15 is 0 Å². The second-order valence-corrected chi connectivity index (χ2v) is 4.56. The number of alkyl halides is 3. The van der Waals surface area contributed by atoms with Crippen LogP contribution in [0.15, 0.2) is 18.2 Å². The van der Waals surface area contributed by atoms with Crippen molar-refractivity contribution in [2.24, 2.45) is 0 Å². The normalized spacial score (nSPS) is 25.2. The molecule has 1 aromatic rings. The molecule has 1 aromatic carbocycles. The molecule has 1 heterocycles. The molecule has 0 spiro atoms. The van der Waals surface area contributed by atoms with Crippen LogP contribution < -0.4 is 5.32 Å². The van der Waals surface area contributed by atoms with Crippen LogP contribution in [0.5, 0.6) is 5.75 Å². The van der Waals surface area contributed by atoms with Crippen LogP contribution in [-0.2, 0) is 11.7 Å². The summed E-state index contributed by atoms with van der Waals surface area (Å²) in [5.41, 5.74) is -1.59. The zero-order chi connectivity index (χ0) is 12.7. The first kappa shape index (κ1) is 12.2. The van der Waals surface area contributed by atoms with Gasteiger partial charge in [-0.25, -0.2) is 0 Å². The van der Waals surface area contributed by atoms with E-state index in [-0.39, 0.29) is 11.3 Å². The number of rotatable bonds is 1. The van der Waals surface area contributed by atoms with Crippen molar-refractivity contribution in [3.05, 3.63) is 29.3 Å². The van der Waals surface area contributed by atoms with Crippen LogP contribution in [0.3, 0.4) is 0 Å². The average Bonchev–Trinajstić information content (AvgIpc) is 2.64. The highest BCUT2D eigenvalue weighted by atomic mass is 19.4. The summed E-state index contributed by atoms with van der Waals surface area (Å²) in [7, 11) is 0. The molecule has 1 aliphatic rings. The Morgan fingerprint density at radius 3 is 2.59 bits per heavy atom. The third-order valence-electron chi connectivity index (χ3n) is 3.27. The van der Waals surface area contributed by atoms with E-state index in [9.17, 15) is 18.3 Å². The Labute approximate surface area is 97.5 Å². The van der Waals surface area contributed by atoms with Crippen molar-refractivity contribution in [3.8, 4) is 5.75 Å². The largest absolute Gasteiger partial charge is 0.508 e. The molecule has 1 unspecified atom stereocenters. The topological polar surface area (TPSA) is 32.3 Å². The standard InChI is InChI=1S/C12H14F3NO/c1-11(6-3-7-16-11)10-8(12(13,14)15)4-2-5-9(10)17/h2,4-5,16-17H,3,6-7H2,1H3. The molecule has 0 saturated carbocycles. The summed E-state index contributed by atoms with van der Waals surface area (Å²) in [5.74, 6) is -0.295. The first-order valence-corrected chi connectivity index (χ1v) is 5.49. The molecule has 1 aliphatic heterocycles. The highest BCUT2D eigenvalue weighted by Gasteiger charge is 2.42. The van der Waals surface area contributed by atoms with Gasteiger partial charge in [0.2, 0.25) is 0 Å². The van der Waals surface area contributed by atoms with Crippen LogP contribution in [-0.4, -0.2) is 11.7 Å². The average molecular weight is 245 g/mol. The fourth-order valence-corrected chi connectivity index (χ4v) is 2.46. The molecule has 0 amide bonds. The summed E-state index contributed by atoms with van der Waals surface area (Å²) in [6, 6.07) is 3.54. The Balaban J connectivity index is 2.59. The molecule has 5 heteroatoms. The van der Waals surface area contributed by atoms with E-state index in [1.807, 2.05) is 0 Å². The van der Waals surface area contributed by atoms with E-state index < -0.39 is 17.3 Å². The lowest BCUT2D eigenvalue weighted by molar-refractivity contribution is -0.139. The molecular formula is C12H14F3NO. The molecule has 2 rings (SSSR count). The van der Waals surface area contributed by atoms with E-state index in [1.54, 1.807) is 6.92 Å². The van der Waals surface area contributed by atoms with Gasteiger partial charge in [0.05, 0.1) is 5.56 Å². The second kappa shape index (κ2) is 3.91. The van der Waals surface area contributed by atoms with Gasteiger partial charge in [-0.15, -0.1) is 0 Å². The van der Waals surface area contributed by atoms with Crippen molar-refractivity contribution in [3.63, 3.8) is 0 Å². The minimum Gasteiger partial charge on any atom is -0.508 e. The van der Waals surface area contributed by atoms with Crippen LogP contribution in [0.2, 0.25) is 0 Å². The summed E-state index contributed by atoms with van der Waals surface area (Å²) >= 11 is 0. The molecule has 2 nitrogen and oxygen atoms in total. The van der Waals surface area contributed by atoms with Crippen molar-refractivity contribution in [2.75, 3.05) is 6.54 Å². The lowest BCUT2D eigenvalue weighted by Gasteiger charge is -2.29. The monoisotopic (exact) mass is 245 g/mol. The molecule has 1 atom stereocenters. The van der Waals surface area contributed by atoms with Gasteiger partial charge in [0.15, 0.2) is 0 Å².